The molecule has 1 unspecified atom stereocenters. The van der Waals surface area contributed by atoms with Crippen LogP contribution in [0.5, 0.6) is 0 Å². The van der Waals surface area contributed by atoms with E-state index in [9.17, 15) is 0 Å². The van der Waals surface area contributed by atoms with E-state index in [1.54, 1.807) is 0 Å². The predicted molar refractivity (Wildman–Crippen MR) is 83.6 cm³/mol. The average Bonchev–Trinajstić information content (AvgIpc) is 2.83. The fourth-order valence-electron chi connectivity index (χ4n) is 2.68. The van der Waals surface area contributed by atoms with Gasteiger partial charge in [0.15, 0.2) is 0 Å². The van der Waals surface area contributed by atoms with Gasteiger partial charge in [-0.1, -0.05) is 44.2 Å². The summed E-state index contributed by atoms with van der Waals surface area (Å²) in [5.74, 6) is 0. The van der Waals surface area contributed by atoms with Crippen LogP contribution in [-0.4, -0.2) is 15.8 Å². The first-order chi connectivity index (χ1) is 9.47. The normalized spacial score (nSPS) is 13.4. The quantitative estimate of drug-likeness (QED) is 0.874. The third-order valence-corrected chi connectivity index (χ3v) is 3.77. The smallest absolute Gasteiger partial charge is 0.0762 e. The SMILES string of the molecule is CC(CC(C)(C)c1ccccc1)NCc1ccn(C)n1. The van der Waals surface area contributed by atoms with Crippen molar-refractivity contribution in [2.24, 2.45) is 7.05 Å². The molecule has 2 aromatic rings. The van der Waals surface area contributed by atoms with Crippen LogP contribution in [0.4, 0.5) is 0 Å². The zero-order valence-electron chi connectivity index (χ0n) is 12.9. The van der Waals surface area contributed by atoms with E-state index in [-0.39, 0.29) is 5.41 Å². The number of aromatic nitrogens is 2. The molecule has 0 saturated carbocycles. The van der Waals surface area contributed by atoms with Gasteiger partial charge in [0.25, 0.3) is 0 Å². The molecule has 0 amide bonds. The second-order valence-corrected chi connectivity index (χ2v) is 6.22. The Morgan fingerprint density at radius 2 is 1.90 bits per heavy atom. The van der Waals surface area contributed by atoms with Crippen LogP contribution in [0.2, 0.25) is 0 Å². The van der Waals surface area contributed by atoms with Crippen LogP contribution in [0, 0.1) is 0 Å². The molecule has 20 heavy (non-hydrogen) atoms. The Labute approximate surface area is 122 Å². The van der Waals surface area contributed by atoms with E-state index in [1.807, 2.05) is 17.9 Å². The van der Waals surface area contributed by atoms with Crippen LogP contribution >= 0.6 is 0 Å². The summed E-state index contributed by atoms with van der Waals surface area (Å²) >= 11 is 0. The molecule has 0 saturated heterocycles. The molecule has 0 aliphatic rings. The third-order valence-electron chi connectivity index (χ3n) is 3.77. The number of hydrogen-bond acceptors (Lipinski definition) is 2. The van der Waals surface area contributed by atoms with Gasteiger partial charge in [0.2, 0.25) is 0 Å². The van der Waals surface area contributed by atoms with Crippen LogP contribution in [0.25, 0.3) is 0 Å². The highest BCUT2D eigenvalue weighted by atomic mass is 15.3. The van der Waals surface area contributed by atoms with Gasteiger partial charge in [-0.2, -0.15) is 5.10 Å². The maximum absolute atomic E-state index is 4.39. The van der Waals surface area contributed by atoms with Gasteiger partial charge in [-0.15, -0.1) is 0 Å². The van der Waals surface area contributed by atoms with Gasteiger partial charge in [0, 0.05) is 25.8 Å². The maximum atomic E-state index is 4.39. The summed E-state index contributed by atoms with van der Waals surface area (Å²) in [7, 11) is 1.95. The molecular formula is C17H25N3. The lowest BCUT2D eigenvalue weighted by atomic mass is 9.79. The Morgan fingerprint density at radius 1 is 1.20 bits per heavy atom. The molecule has 1 atom stereocenters. The Morgan fingerprint density at radius 3 is 2.50 bits per heavy atom. The lowest BCUT2D eigenvalue weighted by Crippen LogP contribution is -2.33. The van der Waals surface area contributed by atoms with Gasteiger partial charge >= 0.3 is 0 Å². The van der Waals surface area contributed by atoms with Crippen LogP contribution in [0.15, 0.2) is 42.6 Å². The fourth-order valence-corrected chi connectivity index (χ4v) is 2.68. The average molecular weight is 271 g/mol. The summed E-state index contributed by atoms with van der Waals surface area (Å²) in [5.41, 5.74) is 2.67. The van der Waals surface area contributed by atoms with E-state index in [0.717, 1.165) is 18.7 Å². The molecule has 3 nitrogen and oxygen atoms in total. The van der Waals surface area contributed by atoms with E-state index in [0.29, 0.717) is 6.04 Å². The van der Waals surface area contributed by atoms with Gasteiger partial charge < -0.3 is 5.32 Å². The molecular weight excluding hydrogens is 246 g/mol. The summed E-state index contributed by atoms with van der Waals surface area (Å²) in [6, 6.07) is 13.2. The van der Waals surface area contributed by atoms with Crippen molar-refractivity contribution >= 4 is 0 Å². The van der Waals surface area contributed by atoms with Gasteiger partial charge in [0.1, 0.15) is 0 Å². The largest absolute Gasteiger partial charge is 0.309 e. The van der Waals surface area contributed by atoms with Gasteiger partial charge in [-0.25, -0.2) is 0 Å². The van der Waals surface area contributed by atoms with E-state index in [4.69, 9.17) is 0 Å². The minimum absolute atomic E-state index is 0.178. The Balaban J connectivity index is 1.89. The topological polar surface area (TPSA) is 29.9 Å². The van der Waals surface area contributed by atoms with Crippen molar-refractivity contribution in [2.45, 2.75) is 45.2 Å². The first-order valence-corrected chi connectivity index (χ1v) is 7.25. The Hall–Kier alpha value is -1.61. The molecule has 3 heteroatoms. The minimum atomic E-state index is 0.178. The van der Waals surface area contributed by atoms with Crippen molar-refractivity contribution in [3.8, 4) is 0 Å². The third kappa shape index (κ3) is 3.94. The first kappa shape index (κ1) is 14.8. The number of aryl methyl sites for hydroxylation is 1. The van der Waals surface area contributed by atoms with E-state index < -0.39 is 0 Å². The van der Waals surface area contributed by atoms with E-state index in [2.05, 4.69) is 67.6 Å². The summed E-state index contributed by atoms with van der Waals surface area (Å²) in [6.45, 7) is 7.68. The summed E-state index contributed by atoms with van der Waals surface area (Å²) in [5, 5.41) is 7.95. The van der Waals surface area contributed by atoms with Gasteiger partial charge in [-0.3, -0.25) is 4.68 Å². The first-order valence-electron chi connectivity index (χ1n) is 7.25. The predicted octanol–water partition coefficient (Wildman–Crippen LogP) is 3.27. The second kappa shape index (κ2) is 6.23. The van der Waals surface area contributed by atoms with Crippen molar-refractivity contribution in [3.05, 3.63) is 53.9 Å². The molecule has 108 valence electrons. The summed E-state index contributed by atoms with van der Waals surface area (Å²) < 4.78 is 1.84. The lowest BCUT2D eigenvalue weighted by Gasteiger charge is -2.29. The number of rotatable bonds is 6. The molecule has 0 spiro atoms. The van der Waals surface area contributed by atoms with E-state index in [1.165, 1.54) is 5.56 Å². The van der Waals surface area contributed by atoms with Crippen LogP contribution < -0.4 is 5.32 Å². The molecule has 1 aromatic carbocycles. The summed E-state index contributed by atoms with van der Waals surface area (Å²) in [6.07, 6.45) is 3.08. The number of hydrogen-bond donors (Lipinski definition) is 1. The molecule has 2 rings (SSSR count). The molecule has 0 bridgehead atoms. The molecule has 0 aliphatic carbocycles. The van der Waals surface area contributed by atoms with Crippen molar-refractivity contribution in [3.63, 3.8) is 0 Å². The number of nitrogens with one attached hydrogen (secondary N) is 1. The Bertz CT molecular complexity index is 528. The van der Waals surface area contributed by atoms with Gasteiger partial charge in [0.05, 0.1) is 5.69 Å². The van der Waals surface area contributed by atoms with Crippen LogP contribution in [-0.2, 0) is 19.0 Å². The lowest BCUT2D eigenvalue weighted by molar-refractivity contribution is 0.386. The van der Waals surface area contributed by atoms with Crippen molar-refractivity contribution in [2.75, 3.05) is 0 Å². The Kier molecular flexibility index (Phi) is 4.61. The van der Waals surface area contributed by atoms with Crippen molar-refractivity contribution in [1.82, 2.24) is 15.1 Å². The van der Waals surface area contributed by atoms with Crippen LogP contribution in [0.3, 0.4) is 0 Å². The zero-order valence-corrected chi connectivity index (χ0v) is 12.9. The van der Waals surface area contributed by atoms with Crippen LogP contribution in [0.1, 0.15) is 38.4 Å². The highest BCUT2D eigenvalue weighted by Crippen LogP contribution is 2.28. The van der Waals surface area contributed by atoms with Crippen molar-refractivity contribution in [1.29, 1.82) is 0 Å². The van der Waals surface area contributed by atoms with Gasteiger partial charge in [-0.05, 0) is 30.4 Å². The number of nitrogens with zero attached hydrogens (tertiary/aromatic N) is 2. The molecule has 0 aliphatic heterocycles. The van der Waals surface area contributed by atoms with Crippen molar-refractivity contribution < 1.29 is 0 Å². The zero-order chi connectivity index (χ0) is 14.6. The minimum Gasteiger partial charge on any atom is -0.309 e. The summed E-state index contributed by atoms with van der Waals surface area (Å²) in [4.78, 5) is 0. The highest BCUT2D eigenvalue weighted by molar-refractivity contribution is 5.23. The second-order valence-electron chi connectivity index (χ2n) is 6.22. The highest BCUT2D eigenvalue weighted by Gasteiger charge is 2.22. The molecule has 1 heterocycles. The molecule has 1 N–H and O–H groups in total. The monoisotopic (exact) mass is 271 g/mol. The molecule has 0 radical (unpaired) electrons. The number of benzene rings is 1. The molecule has 1 aromatic heterocycles. The molecule has 0 fully saturated rings. The van der Waals surface area contributed by atoms with E-state index >= 15 is 0 Å². The maximum Gasteiger partial charge on any atom is 0.0762 e. The standard InChI is InChI=1S/C17H25N3/c1-14(18-13-16-10-11-20(4)19-16)12-17(2,3)15-8-6-5-7-9-15/h5-11,14,18H,12-13H2,1-4H3. The fraction of sp³-hybridized carbons (Fsp3) is 0.471.